The lowest BCUT2D eigenvalue weighted by Gasteiger charge is -2.22. The number of nitrogens with zero attached hydrogens (tertiary/aromatic N) is 1. The number of methoxy groups -OCH3 is 1. The van der Waals surface area contributed by atoms with Crippen molar-refractivity contribution in [3.05, 3.63) is 0 Å². The van der Waals surface area contributed by atoms with Gasteiger partial charge in [-0.1, -0.05) is 0 Å². The summed E-state index contributed by atoms with van der Waals surface area (Å²) in [6, 6.07) is -0.470. The molecule has 0 amide bonds. The molecule has 0 spiro atoms. The van der Waals surface area contributed by atoms with Crippen molar-refractivity contribution in [1.82, 2.24) is 4.31 Å². The van der Waals surface area contributed by atoms with Gasteiger partial charge in [0.25, 0.3) is 0 Å². The Kier molecular flexibility index (Phi) is 3.42. The van der Waals surface area contributed by atoms with E-state index >= 15 is 0 Å². The summed E-state index contributed by atoms with van der Waals surface area (Å²) in [5.41, 5.74) is 0. The smallest absolute Gasteiger partial charge is 0.308 e. The minimum atomic E-state index is -3.38. The minimum absolute atomic E-state index is 0.0666. The van der Waals surface area contributed by atoms with Gasteiger partial charge < -0.3 is 9.84 Å². The minimum Gasteiger partial charge on any atom is -0.481 e. The molecular formula is C10H17NO5S. The van der Waals surface area contributed by atoms with E-state index in [0.29, 0.717) is 12.8 Å². The lowest BCUT2D eigenvalue weighted by atomic mass is 9.89. The van der Waals surface area contributed by atoms with Crippen LogP contribution in [-0.4, -0.2) is 55.4 Å². The van der Waals surface area contributed by atoms with Gasteiger partial charge in [-0.15, -0.1) is 0 Å². The summed E-state index contributed by atoms with van der Waals surface area (Å²) in [7, 11) is -1.93. The molecule has 7 heteroatoms. The number of carbonyl (C=O) groups is 1. The van der Waals surface area contributed by atoms with E-state index in [-0.39, 0.29) is 24.4 Å². The zero-order valence-electron chi connectivity index (χ0n) is 9.70. The van der Waals surface area contributed by atoms with Crippen LogP contribution < -0.4 is 0 Å². The highest BCUT2D eigenvalue weighted by Gasteiger charge is 2.53. The highest BCUT2D eigenvalue weighted by atomic mass is 32.2. The molecule has 0 saturated carbocycles. The number of ether oxygens (including phenoxy) is 1. The van der Waals surface area contributed by atoms with Crippen molar-refractivity contribution in [3.63, 3.8) is 0 Å². The van der Waals surface area contributed by atoms with E-state index in [2.05, 4.69) is 0 Å². The molecule has 1 N–H and O–H groups in total. The highest BCUT2D eigenvalue weighted by molar-refractivity contribution is 7.89. The molecular weight excluding hydrogens is 246 g/mol. The third kappa shape index (κ3) is 2.19. The maximum Gasteiger partial charge on any atom is 0.308 e. The molecule has 17 heavy (non-hydrogen) atoms. The second kappa shape index (κ2) is 4.55. The number of aliphatic carboxylic acids is 1. The number of hydrogen-bond donors (Lipinski definition) is 1. The van der Waals surface area contributed by atoms with Crippen LogP contribution in [0.25, 0.3) is 0 Å². The van der Waals surface area contributed by atoms with Crippen molar-refractivity contribution in [1.29, 1.82) is 0 Å². The number of fused-ring (bicyclic) bond motifs is 2. The monoisotopic (exact) mass is 263 g/mol. The topological polar surface area (TPSA) is 83.9 Å². The zero-order valence-corrected chi connectivity index (χ0v) is 10.5. The molecule has 2 rings (SSSR count). The fourth-order valence-corrected chi connectivity index (χ4v) is 4.83. The first-order chi connectivity index (χ1) is 7.97. The molecule has 0 aromatic heterocycles. The number of rotatable bonds is 5. The van der Waals surface area contributed by atoms with E-state index in [1.165, 1.54) is 11.4 Å². The standard InChI is InChI=1S/C10H17NO5S/c1-16-4-5-17(14,15)11-7-2-3-9(11)8(6-7)10(12)13/h7-9H,2-6H2,1H3,(H,12,13). The van der Waals surface area contributed by atoms with Gasteiger partial charge in [-0.25, -0.2) is 8.42 Å². The van der Waals surface area contributed by atoms with Gasteiger partial charge in [0.15, 0.2) is 0 Å². The second-order valence-electron chi connectivity index (χ2n) is 4.62. The van der Waals surface area contributed by atoms with Crippen molar-refractivity contribution >= 4 is 16.0 Å². The molecule has 2 heterocycles. The quantitative estimate of drug-likeness (QED) is 0.749. The van der Waals surface area contributed by atoms with Crippen LogP contribution >= 0.6 is 0 Å². The fourth-order valence-electron chi connectivity index (χ4n) is 2.93. The molecule has 2 aliphatic rings. The Morgan fingerprint density at radius 1 is 1.47 bits per heavy atom. The first-order valence-electron chi connectivity index (χ1n) is 5.70. The molecule has 2 aliphatic heterocycles. The lowest BCUT2D eigenvalue weighted by molar-refractivity contribution is -0.142. The fraction of sp³-hybridized carbons (Fsp3) is 0.900. The highest BCUT2D eigenvalue weighted by Crippen LogP contribution is 2.43. The molecule has 2 saturated heterocycles. The Balaban J connectivity index is 2.15. The van der Waals surface area contributed by atoms with Crippen LogP contribution in [0.2, 0.25) is 0 Å². The molecule has 3 atom stereocenters. The van der Waals surface area contributed by atoms with Crippen molar-refractivity contribution in [2.24, 2.45) is 5.92 Å². The van der Waals surface area contributed by atoms with E-state index in [4.69, 9.17) is 9.84 Å². The Morgan fingerprint density at radius 3 is 2.71 bits per heavy atom. The summed E-state index contributed by atoms with van der Waals surface area (Å²) in [5, 5.41) is 9.05. The Labute approximate surface area is 101 Å². The predicted octanol–water partition coefficient (Wildman–Crippen LogP) is -0.0999. The summed E-state index contributed by atoms with van der Waals surface area (Å²) in [6.45, 7) is 0.149. The van der Waals surface area contributed by atoms with Crippen LogP contribution in [0, 0.1) is 5.92 Å². The maximum absolute atomic E-state index is 12.1. The summed E-state index contributed by atoms with van der Waals surface area (Å²) in [6.07, 6.45) is 1.89. The first-order valence-corrected chi connectivity index (χ1v) is 7.31. The van der Waals surface area contributed by atoms with Crippen LogP contribution in [0.3, 0.4) is 0 Å². The first kappa shape index (κ1) is 12.8. The molecule has 0 radical (unpaired) electrons. The number of carboxylic acids is 1. The van der Waals surface area contributed by atoms with E-state index in [1.807, 2.05) is 0 Å². The van der Waals surface area contributed by atoms with Crippen LogP contribution in [0.4, 0.5) is 0 Å². The molecule has 0 aliphatic carbocycles. The maximum atomic E-state index is 12.1. The molecule has 3 unspecified atom stereocenters. The van der Waals surface area contributed by atoms with Crippen LogP contribution in [-0.2, 0) is 19.6 Å². The van der Waals surface area contributed by atoms with Gasteiger partial charge in [-0.2, -0.15) is 4.31 Å². The van der Waals surface area contributed by atoms with Gasteiger partial charge in [-0.3, -0.25) is 4.79 Å². The number of carboxylic acid groups (broad SMARTS) is 1. The largest absolute Gasteiger partial charge is 0.481 e. The number of sulfonamides is 1. The lowest BCUT2D eigenvalue weighted by Crippen LogP contribution is -2.39. The second-order valence-corrected chi connectivity index (χ2v) is 6.61. The third-order valence-electron chi connectivity index (χ3n) is 3.66. The van der Waals surface area contributed by atoms with Crippen molar-refractivity contribution < 1.29 is 23.1 Å². The summed E-state index contributed by atoms with van der Waals surface area (Å²) in [4.78, 5) is 11.0. The summed E-state index contributed by atoms with van der Waals surface area (Å²) >= 11 is 0. The van der Waals surface area contributed by atoms with Crippen LogP contribution in [0.5, 0.6) is 0 Å². The molecule has 2 bridgehead atoms. The Hall–Kier alpha value is -0.660. The van der Waals surface area contributed by atoms with Gasteiger partial charge in [-0.05, 0) is 19.3 Å². The van der Waals surface area contributed by atoms with E-state index < -0.39 is 21.9 Å². The van der Waals surface area contributed by atoms with Crippen molar-refractivity contribution in [2.45, 2.75) is 31.3 Å². The molecule has 2 fully saturated rings. The van der Waals surface area contributed by atoms with E-state index in [1.54, 1.807) is 0 Å². The van der Waals surface area contributed by atoms with Crippen molar-refractivity contribution in [3.8, 4) is 0 Å². The predicted molar refractivity (Wildman–Crippen MR) is 60.1 cm³/mol. The van der Waals surface area contributed by atoms with Gasteiger partial charge in [0.2, 0.25) is 10.0 Å². The Bertz CT molecular complexity index is 407. The van der Waals surface area contributed by atoms with E-state index in [0.717, 1.165) is 6.42 Å². The van der Waals surface area contributed by atoms with Crippen LogP contribution in [0.1, 0.15) is 19.3 Å². The Morgan fingerprint density at radius 2 is 2.18 bits per heavy atom. The number of hydrogen-bond acceptors (Lipinski definition) is 4. The third-order valence-corrected chi connectivity index (χ3v) is 5.55. The molecule has 6 nitrogen and oxygen atoms in total. The van der Waals surface area contributed by atoms with Gasteiger partial charge in [0.05, 0.1) is 18.3 Å². The normalized spacial score (nSPS) is 33.1. The van der Waals surface area contributed by atoms with Crippen molar-refractivity contribution in [2.75, 3.05) is 19.5 Å². The average molecular weight is 263 g/mol. The van der Waals surface area contributed by atoms with Gasteiger partial charge in [0, 0.05) is 19.2 Å². The molecule has 98 valence electrons. The summed E-state index contributed by atoms with van der Waals surface area (Å²) < 4.78 is 30.3. The van der Waals surface area contributed by atoms with Gasteiger partial charge >= 0.3 is 5.97 Å². The SMILES string of the molecule is COCCS(=O)(=O)N1C2CCC1C(C(=O)O)C2. The molecule has 0 aromatic rings. The van der Waals surface area contributed by atoms with E-state index in [9.17, 15) is 13.2 Å². The zero-order chi connectivity index (χ0) is 12.6. The van der Waals surface area contributed by atoms with Crippen LogP contribution in [0.15, 0.2) is 0 Å². The average Bonchev–Trinajstić information content (AvgIpc) is 2.84. The molecule has 0 aromatic carbocycles. The summed E-state index contributed by atoms with van der Waals surface area (Å²) in [5.74, 6) is -1.49. The van der Waals surface area contributed by atoms with Gasteiger partial charge in [0.1, 0.15) is 0 Å².